The lowest BCUT2D eigenvalue weighted by Crippen LogP contribution is -2.50. The molecule has 7 heteroatoms. The number of carbonyl (C=O) groups is 1. The van der Waals surface area contributed by atoms with Crippen LogP contribution in [0.25, 0.3) is 0 Å². The number of rotatable bonds is 4. The van der Waals surface area contributed by atoms with Crippen LogP contribution in [0.3, 0.4) is 0 Å². The topological polar surface area (TPSA) is 60.9 Å². The highest BCUT2D eigenvalue weighted by Gasteiger charge is 2.45. The van der Waals surface area contributed by atoms with Gasteiger partial charge in [-0.3, -0.25) is 4.79 Å². The van der Waals surface area contributed by atoms with Crippen molar-refractivity contribution in [1.82, 2.24) is 9.88 Å². The van der Waals surface area contributed by atoms with E-state index in [4.69, 9.17) is 14.2 Å². The molecule has 0 N–H and O–H groups in total. The second kappa shape index (κ2) is 7.75. The Kier molecular flexibility index (Phi) is 5.17. The number of carbonyl (C=O) groups excluding carboxylic acids is 1. The highest BCUT2D eigenvalue weighted by atomic mass is 19.1. The van der Waals surface area contributed by atoms with Gasteiger partial charge in [-0.05, 0) is 43.2 Å². The molecule has 1 amide bonds. The molecule has 0 aliphatic carbocycles. The molecule has 28 heavy (non-hydrogen) atoms. The van der Waals surface area contributed by atoms with E-state index in [2.05, 4.69) is 4.98 Å². The SMILES string of the molecule is COc1ccc(C(=O)N2CCC[C@]3(C[C@@H](Oc4ccc(F)cc4)CO3)C2)cn1. The zero-order chi connectivity index (χ0) is 19.6. The van der Waals surface area contributed by atoms with Crippen LogP contribution in [-0.4, -0.2) is 54.3 Å². The van der Waals surface area contributed by atoms with Crippen LogP contribution in [0.4, 0.5) is 4.39 Å². The molecule has 2 aliphatic rings. The maximum Gasteiger partial charge on any atom is 0.255 e. The predicted octanol–water partition coefficient (Wildman–Crippen LogP) is 3.07. The second-order valence-corrected chi connectivity index (χ2v) is 7.31. The number of hydrogen-bond donors (Lipinski definition) is 0. The van der Waals surface area contributed by atoms with Gasteiger partial charge in [0.1, 0.15) is 17.7 Å². The number of piperidine rings is 1. The maximum absolute atomic E-state index is 13.1. The van der Waals surface area contributed by atoms with Gasteiger partial charge in [-0.25, -0.2) is 9.37 Å². The molecule has 2 fully saturated rings. The molecule has 3 heterocycles. The molecule has 0 saturated carbocycles. The third-order valence-electron chi connectivity index (χ3n) is 5.31. The Morgan fingerprint density at radius 1 is 1.29 bits per heavy atom. The smallest absolute Gasteiger partial charge is 0.255 e. The monoisotopic (exact) mass is 386 g/mol. The summed E-state index contributed by atoms with van der Waals surface area (Å²) in [6, 6.07) is 9.41. The fourth-order valence-corrected chi connectivity index (χ4v) is 3.95. The van der Waals surface area contributed by atoms with Crippen molar-refractivity contribution in [2.45, 2.75) is 31.0 Å². The lowest BCUT2D eigenvalue weighted by atomic mass is 9.89. The van der Waals surface area contributed by atoms with E-state index in [1.165, 1.54) is 12.1 Å². The molecule has 4 rings (SSSR count). The first kappa shape index (κ1) is 18.7. The number of benzene rings is 1. The molecule has 1 aromatic heterocycles. The standard InChI is InChI=1S/C21H23FN2O4/c1-26-19-8-3-15(12-23-19)20(25)24-10-2-9-21(14-24)11-18(13-27-21)28-17-6-4-16(22)5-7-17/h3-8,12,18H,2,9-11,13-14H2,1H3/t18-,21+/m1/s1. The molecule has 0 radical (unpaired) electrons. The number of nitrogens with zero attached hydrogens (tertiary/aromatic N) is 2. The Morgan fingerprint density at radius 3 is 2.82 bits per heavy atom. The first-order chi connectivity index (χ1) is 13.6. The lowest BCUT2D eigenvalue weighted by molar-refractivity contribution is -0.0453. The summed E-state index contributed by atoms with van der Waals surface area (Å²) in [6.45, 7) is 1.68. The van der Waals surface area contributed by atoms with E-state index in [-0.39, 0.29) is 17.8 Å². The summed E-state index contributed by atoms with van der Waals surface area (Å²) in [6.07, 6.45) is 3.90. The number of methoxy groups -OCH3 is 1. The van der Waals surface area contributed by atoms with Gasteiger partial charge in [-0.15, -0.1) is 0 Å². The number of pyridine rings is 1. The molecule has 6 nitrogen and oxygen atoms in total. The van der Waals surface area contributed by atoms with Crippen LogP contribution in [0.2, 0.25) is 0 Å². The minimum absolute atomic E-state index is 0.0549. The molecule has 2 aromatic rings. The fourth-order valence-electron chi connectivity index (χ4n) is 3.95. The third kappa shape index (κ3) is 3.94. The number of hydrogen-bond acceptors (Lipinski definition) is 5. The van der Waals surface area contributed by atoms with Crippen molar-refractivity contribution in [3.8, 4) is 11.6 Å². The average Bonchev–Trinajstić information content (AvgIpc) is 3.10. The molecular weight excluding hydrogens is 363 g/mol. The van der Waals surface area contributed by atoms with E-state index >= 15 is 0 Å². The molecule has 1 aromatic carbocycles. The summed E-state index contributed by atoms with van der Waals surface area (Å²) < 4.78 is 30.2. The largest absolute Gasteiger partial charge is 0.488 e. The minimum Gasteiger partial charge on any atom is -0.488 e. The van der Waals surface area contributed by atoms with E-state index in [9.17, 15) is 9.18 Å². The highest BCUT2D eigenvalue weighted by molar-refractivity contribution is 5.94. The van der Waals surface area contributed by atoms with Gasteiger partial charge >= 0.3 is 0 Å². The summed E-state index contributed by atoms with van der Waals surface area (Å²) >= 11 is 0. The molecule has 2 saturated heterocycles. The van der Waals surface area contributed by atoms with Crippen LogP contribution in [-0.2, 0) is 4.74 Å². The summed E-state index contributed by atoms with van der Waals surface area (Å²) in [4.78, 5) is 18.8. The van der Waals surface area contributed by atoms with Crippen molar-refractivity contribution in [2.75, 3.05) is 26.8 Å². The first-order valence-corrected chi connectivity index (χ1v) is 9.42. The van der Waals surface area contributed by atoms with Crippen LogP contribution in [0.5, 0.6) is 11.6 Å². The van der Waals surface area contributed by atoms with Gasteiger partial charge in [-0.2, -0.15) is 0 Å². The van der Waals surface area contributed by atoms with Crippen LogP contribution >= 0.6 is 0 Å². The Balaban J connectivity index is 1.40. The summed E-state index contributed by atoms with van der Waals surface area (Å²) in [7, 11) is 1.54. The Hall–Kier alpha value is -2.67. The number of amides is 1. The Bertz CT molecular complexity index is 827. The van der Waals surface area contributed by atoms with Gasteiger partial charge in [0, 0.05) is 25.2 Å². The van der Waals surface area contributed by atoms with Gasteiger partial charge < -0.3 is 19.1 Å². The van der Waals surface area contributed by atoms with Crippen molar-refractivity contribution in [3.05, 3.63) is 54.0 Å². The second-order valence-electron chi connectivity index (χ2n) is 7.31. The summed E-state index contributed by atoms with van der Waals surface area (Å²) in [5.41, 5.74) is 0.147. The van der Waals surface area contributed by atoms with E-state index in [1.54, 1.807) is 37.6 Å². The number of ether oxygens (including phenoxy) is 3. The van der Waals surface area contributed by atoms with Gasteiger partial charge in [0.25, 0.3) is 5.91 Å². The molecule has 148 valence electrons. The van der Waals surface area contributed by atoms with E-state index < -0.39 is 5.60 Å². The summed E-state index contributed by atoms with van der Waals surface area (Å²) in [5, 5.41) is 0. The van der Waals surface area contributed by atoms with Gasteiger partial charge in [0.05, 0.1) is 31.4 Å². The van der Waals surface area contributed by atoms with Crippen molar-refractivity contribution < 1.29 is 23.4 Å². The normalized spacial score (nSPS) is 24.4. The van der Waals surface area contributed by atoms with E-state index in [1.807, 2.05) is 4.90 Å². The zero-order valence-electron chi connectivity index (χ0n) is 15.8. The van der Waals surface area contributed by atoms with Gasteiger partial charge in [0.15, 0.2) is 0 Å². The highest BCUT2D eigenvalue weighted by Crippen LogP contribution is 2.36. The number of aromatic nitrogens is 1. The Labute approximate surface area is 163 Å². The maximum atomic E-state index is 13.1. The van der Waals surface area contributed by atoms with Crippen LogP contribution < -0.4 is 9.47 Å². The number of halogens is 1. The average molecular weight is 386 g/mol. The van der Waals surface area contributed by atoms with Crippen molar-refractivity contribution >= 4 is 5.91 Å². The third-order valence-corrected chi connectivity index (χ3v) is 5.31. The van der Waals surface area contributed by atoms with Crippen molar-refractivity contribution in [2.24, 2.45) is 0 Å². The van der Waals surface area contributed by atoms with Crippen LogP contribution in [0.1, 0.15) is 29.6 Å². The lowest BCUT2D eigenvalue weighted by Gasteiger charge is -2.39. The molecule has 0 unspecified atom stereocenters. The molecule has 0 bridgehead atoms. The van der Waals surface area contributed by atoms with Crippen molar-refractivity contribution in [1.29, 1.82) is 0 Å². The van der Waals surface area contributed by atoms with Gasteiger partial charge in [-0.1, -0.05) is 0 Å². The zero-order valence-corrected chi connectivity index (χ0v) is 15.8. The molecule has 2 aliphatic heterocycles. The van der Waals surface area contributed by atoms with Crippen LogP contribution in [0.15, 0.2) is 42.6 Å². The van der Waals surface area contributed by atoms with E-state index in [0.717, 1.165) is 12.8 Å². The fraction of sp³-hybridized carbons (Fsp3) is 0.429. The quantitative estimate of drug-likeness (QED) is 0.808. The minimum atomic E-state index is -0.390. The number of likely N-dealkylation sites (tertiary alicyclic amines) is 1. The molecule has 2 atom stereocenters. The Morgan fingerprint density at radius 2 is 2.11 bits per heavy atom. The van der Waals surface area contributed by atoms with Crippen molar-refractivity contribution in [3.63, 3.8) is 0 Å². The predicted molar refractivity (Wildman–Crippen MR) is 100 cm³/mol. The molecular formula is C21H23FN2O4. The molecule has 1 spiro atoms. The summed E-state index contributed by atoms with van der Waals surface area (Å²) in [5.74, 6) is 0.758. The van der Waals surface area contributed by atoms with E-state index in [0.29, 0.717) is 43.3 Å². The van der Waals surface area contributed by atoms with Gasteiger partial charge in [0.2, 0.25) is 5.88 Å². The van der Waals surface area contributed by atoms with Crippen LogP contribution in [0, 0.1) is 5.82 Å². The first-order valence-electron chi connectivity index (χ1n) is 9.42.